The molecule has 2 bridgehead atoms. The van der Waals surface area contributed by atoms with Gasteiger partial charge in [0.1, 0.15) is 11.2 Å². The summed E-state index contributed by atoms with van der Waals surface area (Å²) in [6.07, 6.45) is 4.75. The highest BCUT2D eigenvalue weighted by Gasteiger charge is 2.48. The fourth-order valence-electron chi connectivity index (χ4n) is 4.88. The second-order valence-electron chi connectivity index (χ2n) is 8.05. The molecule has 1 amide bonds. The molecule has 8 nitrogen and oxygen atoms in total. The quantitative estimate of drug-likeness (QED) is 0.547. The molecule has 2 aromatic heterocycles. The molecule has 9 heteroatoms. The Morgan fingerprint density at radius 2 is 1.94 bits per heavy atom. The van der Waals surface area contributed by atoms with Crippen LogP contribution >= 0.6 is 0 Å². The zero-order valence-electron chi connectivity index (χ0n) is 16.5. The Morgan fingerprint density at radius 1 is 1.10 bits per heavy atom. The zero-order chi connectivity index (χ0) is 20.9. The molecule has 3 heterocycles. The Hall–Kier alpha value is -3.75. The molecule has 1 saturated heterocycles. The summed E-state index contributed by atoms with van der Waals surface area (Å²) in [6, 6.07) is 12.5. The van der Waals surface area contributed by atoms with Crippen molar-refractivity contribution in [2.24, 2.45) is 5.92 Å². The van der Waals surface area contributed by atoms with Crippen molar-refractivity contribution in [3.63, 3.8) is 0 Å². The first-order chi connectivity index (χ1) is 15.2. The highest BCUT2D eigenvalue weighted by molar-refractivity contribution is 5.98. The van der Waals surface area contributed by atoms with Gasteiger partial charge < -0.3 is 14.6 Å². The van der Waals surface area contributed by atoms with Crippen LogP contribution in [-0.2, 0) is 0 Å². The van der Waals surface area contributed by atoms with Crippen LogP contribution in [0.15, 0.2) is 59.3 Å². The maximum atomic E-state index is 14.6. The van der Waals surface area contributed by atoms with Gasteiger partial charge in [-0.15, -0.1) is 4.80 Å². The largest absolute Gasteiger partial charge is 0.424 e. The third kappa shape index (κ3) is 2.96. The number of fused-ring (bicyclic) bond motifs is 3. The molecular formula is C22H19FN6O2. The minimum atomic E-state index is -0.535. The van der Waals surface area contributed by atoms with E-state index in [1.807, 2.05) is 29.2 Å². The minimum absolute atomic E-state index is 0.0192. The van der Waals surface area contributed by atoms with Crippen LogP contribution in [-0.4, -0.2) is 49.4 Å². The molecule has 2 fully saturated rings. The number of anilines is 1. The molecule has 156 valence electrons. The van der Waals surface area contributed by atoms with Crippen molar-refractivity contribution in [2.75, 3.05) is 11.9 Å². The molecular weight excluding hydrogens is 399 g/mol. The smallest absolute Gasteiger partial charge is 0.295 e. The normalized spacial score (nSPS) is 22.4. The number of para-hydroxylation sites is 3. The van der Waals surface area contributed by atoms with E-state index >= 15 is 0 Å². The molecule has 3 atom stereocenters. The number of rotatable bonds is 4. The molecule has 1 aliphatic heterocycles. The van der Waals surface area contributed by atoms with Crippen LogP contribution in [0.1, 0.15) is 23.2 Å². The van der Waals surface area contributed by atoms with Crippen LogP contribution in [0.5, 0.6) is 0 Å². The van der Waals surface area contributed by atoms with E-state index in [2.05, 4.69) is 20.5 Å². The number of carbonyl (C=O) groups excluding carboxylic acids is 1. The molecule has 0 spiro atoms. The van der Waals surface area contributed by atoms with Gasteiger partial charge in [0.15, 0.2) is 11.4 Å². The molecule has 2 aromatic carbocycles. The highest BCUT2D eigenvalue weighted by Crippen LogP contribution is 2.40. The second-order valence-corrected chi connectivity index (χ2v) is 8.05. The van der Waals surface area contributed by atoms with Gasteiger partial charge in [-0.25, -0.2) is 4.39 Å². The van der Waals surface area contributed by atoms with E-state index in [4.69, 9.17) is 4.42 Å². The molecule has 31 heavy (non-hydrogen) atoms. The maximum absolute atomic E-state index is 14.6. The summed E-state index contributed by atoms with van der Waals surface area (Å²) < 4.78 is 20.4. The van der Waals surface area contributed by atoms with E-state index in [1.165, 1.54) is 24.5 Å². The molecule has 1 aliphatic carbocycles. The fourth-order valence-corrected chi connectivity index (χ4v) is 4.88. The van der Waals surface area contributed by atoms with Crippen molar-refractivity contribution < 1.29 is 13.6 Å². The highest BCUT2D eigenvalue weighted by atomic mass is 19.1. The van der Waals surface area contributed by atoms with Crippen LogP contribution < -0.4 is 5.32 Å². The summed E-state index contributed by atoms with van der Waals surface area (Å²) in [5.41, 5.74) is 1.84. The van der Waals surface area contributed by atoms with Crippen molar-refractivity contribution in [1.29, 1.82) is 0 Å². The lowest BCUT2D eigenvalue weighted by atomic mass is 10.0. The van der Waals surface area contributed by atoms with Crippen molar-refractivity contribution in [3.05, 3.63) is 66.2 Å². The van der Waals surface area contributed by atoms with Crippen LogP contribution in [0.2, 0.25) is 0 Å². The average molecular weight is 418 g/mol. The van der Waals surface area contributed by atoms with E-state index < -0.39 is 5.82 Å². The second kappa shape index (κ2) is 6.90. The van der Waals surface area contributed by atoms with E-state index in [9.17, 15) is 9.18 Å². The number of piperidine rings is 1. The van der Waals surface area contributed by atoms with E-state index in [0.717, 1.165) is 28.7 Å². The number of aromatic nitrogens is 4. The summed E-state index contributed by atoms with van der Waals surface area (Å²) in [5.74, 6) is -0.369. The summed E-state index contributed by atoms with van der Waals surface area (Å²) in [6.45, 7) is 0.651. The Bertz CT molecular complexity index is 1240. The third-order valence-electron chi connectivity index (χ3n) is 6.18. The lowest BCUT2D eigenvalue weighted by Crippen LogP contribution is -2.48. The van der Waals surface area contributed by atoms with Crippen molar-refractivity contribution >= 4 is 23.0 Å². The monoisotopic (exact) mass is 418 g/mol. The Balaban J connectivity index is 1.28. The molecule has 4 aromatic rings. The van der Waals surface area contributed by atoms with E-state index in [0.29, 0.717) is 18.5 Å². The first-order valence-electron chi connectivity index (χ1n) is 10.3. The molecule has 3 unspecified atom stereocenters. The summed E-state index contributed by atoms with van der Waals surface area (Å²) >= 11 is 0. The van der Waals surface area contributed by atoms with Crippen LogP contribution in [0.4, 0.5) is 10.4 Å². The van der Waals surface area contributed by atoms with Crippen LogP contribution in [0, 0.1) is 11.7 Å². The Morgan fingerprint density at radius 3 is 2.74 bits per heavy atom. The van der Waals surface area contributed by atoms with Gasteiger partial charge in [0.2, 0.25) is 0 Å². The molecule has 1 saturated carbocycles. The number of nitrogens with one attached hydrogen (secondary N) is 1. The Kier molecular flexibility index (Phi) is 4.02. The number of hydrogen-bond acceptors (Lipinski definition) is 6. The topological polar surface area (TPSA) is 89.1 Å². The van der Waals surface area contributed by atoms with Gasteiger partial charge >= 0.3 is 0 Å². The standard InChI is InChI=1S/C22H19FN6O2/c23-15-5-3-4-14(20(15)29-24-8-9-25-29)21(30)28-12-13-10-17(18(28)11-13)27-22-26-16-6-1-2-7-19(16)31-22/h1-9,13,17-18H,10-12H2,(H,26,27). The predicted octanol–water partition coefficient (Wildman–Crippen LogP) is 3.26. The lowest BCUT2D eigenvalue weighted by molar-refractivity contribution is 0.0690. The van der Waals surface area contributed by atoms with Gasteiger partial charge in [0.25, 0.3) is 11.9 Å². The van der Waals surface area contributed by atoms with Gasteiger partial charge in [0, 0.05) is 6.54 Å². The zero-order valence-corrected chi connectivity index (χ0v) is 16.5. The van der Waals surface area contributed by atoms with Crippen LogP contribution in [0.3, 0.4) is 0 Å². The molecule has 0 radical (unpaired) electrons. The third-order valence-corrected chi connectivity index (χ3v) is 6.18. The van der Waals surface area contributed by atoms with Gasteiger partial charge in [-0.3, -0.25) is 4.79 Å². The molecule has 6 rings (SSSR count). The molecule has 2 aliphatic rings. The number of likely N-dealkylation sites (tertiary alicyclic amines) is 1. The van der Waals surface area contributed by atoms with E-state index in [1.54, 1.807) is 6.07 Å². The van der Waals surface area contributed by atoms with Crippen molar-refractivity contribution in [3.8, 4) is 5.69 Å². The Labute approximate surface area is 176 Å². The lowest BCUT2D eigenvalue weighted by Gasteiger charge is -2.33. The first-order valence-corrected chi connectivity index (χ1v) is 10.3. The summed E-state index contributed by atoms with van der Waals surface area (Å²) in [7, 11) is 0. The maximum Gasteiger partial charge on any atom is 0.295 e. The fraction of sp³-hybridized carbons (Fsp3) is 0.273. The van der Waals surface area contributed by atoms with Crippen molar-refractivity contribution in [1.82, 2.24) is 24.9 Å². The SMILES string of the molecule is O=C(c1cccc(F)c1-n1nccn1)N1CC2CC(Nc3nc4ccccc4o3)C1C2. The van der Waals surface area contributed by atoms with Gasteiger partial charge in [0.05, 0.1) is 30.0 Å². The van der Waals surface area contributed by atoms with Crippen LogP contribution in [0.25, 0.3) is 16.8 Å². The number of oxazole rings is 1. The number of amides is 1. The number of halogens is 1. The number of carbonyl (C=O) groups is 1. The van der Waals surface area contributed by atoms with Gasteiger partial charge in [-0.1, -0.05) is 18.2 Å². The summed E-state index contributed by atoms with van der Waals surface area (Å²) in [5, 5.41) is 11.4. The van der Waals surface area contributed by atoms with Gasteiger partial charge in [-0.05, 0) is 43.0 Å². The number of benzene rings is 2. The molecule has 1 N–H and O–H groups in total. The first kappa shape index (κ1) is 18.1. The van der Waals surface area contributed by atoms with Crippen molar-refractivity contribution in [2.45, 2.75) is 24.9 Å². The average Bonchev–Trinajstić information content (AvgIpc) is 3.56. The minimum Gasteiger partial charge on any atom is -0.424 e. The van der Waals surface area contributed by atoms with E-state index in [-0.39, 0.29) is 29.2 Å². The number of hydrogen-bond donors (Lipinski definition) is 1. The summed E-state index contributed by atoms with van der Waals surface area (Å²) in [4.78, 5) is 21.0. The van der Waals surface area contributed by atoms with Gasteiger partial charge in [-0.2, -0.15) is 15.2 Å². The number of nitrogens with zero attached hydrogens (tertiary/aromatic N) is 5. The predicted molar refractivity (Wildman–Crippen MR) is 110 cm³/mol.